The van der Waals surface area contributed by atoms with Gasteiger partial charge < -0.3 is 5.32 Å². The van der Waals surface area contributed by atoms with Gasteiger partial charge in [0.15, 0.2) is 0 Å². The molecule has 0 saturated heterocycles. The van der Waals surface area contributed by atoms with Gasteiger partial charge in [0, 0.05) is 13.2 Å². The second kappa shape index (κ2) is 5.22. The molecule has 0 aliphatic heterocycles. The highest BCUT2D eigenvalue weighted by atomic mass is 14.9. The van der Waals surface area contributed by atoms with E-state index in [4.69, 9.17) is 0 Å². The van der Waals surface area contributed by atoms with Crippen molar-refractivity contribution in [3.8, 4) is 0 Å². The maximum absolute atomic E-state index is 3.97. The second-order valence-corrected chi connectivity index (χ2v) is 3.66. The van der Waals surface area contributed by atoms with Crippen LogP contribution in [0.1, 0.15) is 42.0 Å². The zero-order valence-electron chi connectivity index (χ0n) is 8.28. The van der Waals surface area contributed by atoms with Crippen molar-refractivity contribution in [2.24, 2.45) is 5.92 Å². The zero-order chi connectivity index (χ0) is 8.85. The Kier molecular flexibility index (Phi) is 5.01. The molecular weight excluding hydrogens is 134 g/mol. The van der Waals surface area contributed by atoms with Gasteiger partial charge >= 0.3 is 0 Å². The van der Waals surface area contributed by atoms with Gasteiger partial charge in [0.2, 0.25) is 0 Å². The molecule has 0 saturated carbocycles. The average molecular weight is 157 g/mol. The lowest BCUT2D eigenvalue weighted by Crippen LogP contribution is -2.24. The molecule has 0 aromatic carbocycles. The van der Waals surface area contributed by atoms with Gasteiger partial charge in [-0.3, -0.25) is 0 Å². The lowest BCUT2D eigenvalue weighted by Gasteiger charge is -2.16. The third-order valence-corrected chi connectivity index (χ3v) is 1.72. The molecule has 0 heterocycles. The molecule has 0 bridgehead atoms. The SMILES string of the molecule is C=C(CC(C)C)NC(C)CC.[HH]. The Hall–Kier alpha value is -0.460. The molecule has 0 aliphatic carbocycles. The Morgan fingerprint density at radius 2 is 2.00 bits per heavy atom. The Bertz CT molecular complexity index is 121. The van der Waals surface area contributed by atoms with Crippen LogP contribution < -0.4 is 5.32 Å². The van der Waals surface area contributed by atoms with Crippen molar-refractivity contribution in [1.29, 1.82) is 0 Å². The molecule has 0 radical (unpaired) electrons. The number of nitrogens with one attached hydrogen (secondary N) is 1. The predicted octanol–water partition coefficient (Wildman–Crippen LogP) is 3.18. The molecule has 0 rings (SSSR count). The minimum atomic E-state index is 0. The monoisotopic (exact) mass is 157 g/mol. The Morgan fingerprint density at radius 1 is 1.45 bits per heavy atom. The first kappa shape index (κ1) is 10.5. The van der Waals surface area contributed by atoms with Crippen LogP contribution in [0.25, 0.3) is 0 Å². The van der Waals surface area contributed by atoms with Crippen molar-refractivity contribution in [2.75, 3.05) is 0 Å². The number of rotatable bonds is 5. The molecule has 1 unspecified atom stereocenters. The predicted molar refractivity (Wildman–Crippen MR) is 53.6 cm³/mol. The van der Waals surface area contributed by atoms with Gasteiger partial charge in [-0.05, 0) is 25.7 Å². The number of hydrogen-bond donors (Lipinski definition) is 1. The summed E-state index contributed by atoms with van der Waals surface area (Å²) in [6.45, 7) is 12.8. The van der Waals surface area contributed by atoms with Crippen molar-refractivity contribution in [1.82, 2.24) is 5.32 Å². The van der Waals surface area contributed by atoms with Crippen LogP contribution >= 0.6 is 0 Å². The van der Waals surface area contributed by atoms with Crippen LogP contribution in [0.5, 0.6) is 0 Å². The minimum Gasteiger partial charge on any atom is -0.386 e. The van der Waals surface area contributed by atoms with Crippen molar-refractivity contribution in [3.63, 3.8) is 0 Å². The lowest BCUT2D eigenvalue weighted by atomic mass is 10.1. The van der Waals surface area contributed by atoms with Crippen LogP contribution in [0, 0.1) is 5.92 Å². The third-order valence-electron chi connectivity index (χ3n) is 1.72. The minimum absolute atomic E-state index is 0. The summed E-state index contributed by atoms with van der Waals surface area (Å²) < 4.78 is 0. The summed E-state index contributed by atoms with van der Waals surface area (Å²) >= 11 is 0. The normalized spacial score (nSPS) is 13.2. The van der Waals surface area contributed by atoms with Gasteiger partial charge in [0.25, 0.3) is 0 Å². The topological polar surface area (TPSA) is 12.0 Å². The molecule has 0 aromatic rings. The van der Waals surface area contributed by atoms with E-state index in [1.165, 1.54) is 5.70 Å². The molecule has 1 nitrogen and oxygen atoms in total. The molecule has 68 valence electrons. The van der Waals surface area contributed by atoms with E-state index in [-0.39, 0.29) is 1.43 Å². The van der Waals surface area contributed by atoms with E-state index in [1.807, 2.05) is 0 Å². The molecule has 0 aliphatic rings. The quantitative estimate of drug-likeness (QED) is 0.646. The molecule has 0 spiro atoms. The van der Waals surface area contributed by atoms with Crippen LogP contribution in [0.2, 0.25) is 0 Å². The molecule has 1 N–H and O–H groups in total. The third kappa shape index (κ3) is 5.96. The summed E-state index contributed by atoms with van der Waals surface area (Å²) in [5.74, 6) is 0.707. The van der Waals surface area contributed by atoms with E-state index in [9.17, 15) is 0 Å². The van der Waals surface area contributed by atoms with Crippen molar-refractivity contribution >= 4 is 0 Å². The van der Waals surface area contributed by atoms with Gasteiger partial charge in [-0.15, -0.1) is 0 Å². The number of allylic oxidation sites excluding steroid dienone is 1. The van der Waals surface area contributed by atoms with Crippen LogP contribution in [0.15, 0.2) is 12.3 Å². The molecular formula is C10H23N. The van der Waals surface area contributed by atoms with E-state index in [1.54, 1.807) is 0 Å². The highest BCUT2D eigenvalue weighted by molar-refractivity contribution is 4.93. The van der Waals surface area contributed by atoms with Gasteiger partial charge in [0.1, 0.15) is 0 Å². The van der Waals surface area contributed by atoms with Gasteiger partial charge in [-0.2, -0.15) is 0 Å². The largest absolute Gasteiger partial charge is 0.386 e. The van der Waals surface area contributed by atoms with E-state index in [0.29, 0.717) is 12.0 Å². The van der Waals surface area contributed by atoms with Crippen LogP contribution in [-0.4, -0.2) is 6.04 Å². The smallest absolute Gasteiger partial charge is 0.0227 e. The Labute approximate surface area is 72.4 Å². The Balaban J connectivity index is 0. The molecule has 11 heavy (non-hydrogen) atoms. The highest BCUT2D eigenvalue weighted by Gasteiger charge is 2.01. The first-order chi connectivity index (χ1) is 5.06. The van der Waals surface area contributed by atoms with Crippen LogP contribution in [-0.2, 0) is 0 Å². The molecule has 0 fully saturated rings. The van der Waals surface area contributed by atoms with E-state index in [0.717, 1.165) is 12.8 Å². The molecule has 1 heteroatoms. The lowest BCUT2D eigenvalue weighted by molar-refractivity contribution is 0.540. The number of hydrogen-bond acceptors (Lipinski definition) is 1. The first-order valence-corrected chi connectivity index (χ1v) is 4.50. The standard InChI is InChI=1S/C10H21N.H2/c1-6-9(4)11-10(5)7-8(2)3;/h8-9,11H,5-7H2,1-4H3;1H. The van der Waals surface area contributed by atoms with Crippen LogP contribution in [0.3, 0.4) is 0 Å². The molecule has 1 atom stereocenters. The average Bonchev–Trinajstić information content (AvgIpc) is 1.85. The maximum atomic E-state index is 3.97. The summed E-state index contributed by atoms with van der Waals surface area (Å²) in [5.41, 5.74) is 1.18. The summed E-state index contributed by atoms with van der Waals surface area (Å²) in [6.07, 6.45) is 2.25. The zero-order valence-corrected chi connectivity index (χ0v) is 8.28. The fraction of sp³-hybridized carbons (Fsp3) is 0.800. The maximum Gasteiger partial charge on any atom is 0.0227 e. The molecule has 0 aromatic heterocycles. The van der Waals surface area contributed by atoms with Crippen molar-refractivity contribution in [2.45, 2.75) is 46.6 Å². The fourth-order valence-electron chi connectivity index (χ4n) is 1.00. The van der Waals surface area contributed by atoms with E-state index >= 15 is 0 Å². The van der Waals surface area contributed by atoms with Gasteiger partial charge in [-0.1, -0.05) is 27.4 Å². The first-order valence-electron chi connectivity index (χ1n) is 4.50. The van der Waals surface area contributed by atoms with E-state index < -0.39 is 0 Å². The van der Waals surface area contributed by atoms with Crippen molar-refractivity contribution in [3.05, 3.63) is 12.3 Å². The summed E-state index contributed by atoms with van der Waals surface area (Å²) in [7, 11) is 0. The summed E-state index contributed by atoms with van der Waals surface area (Å²) in [6, 6.07) is 0.571. The highest BCUT2D eigenvalue weighted by Crippen LogP contribution is 2.06. The summed E-state index contributed by atoms with van der Waals surface area (Å²) in [5, 5.41) is 3.37. The van der Waals surface area contributed by atoms with Gasteiger partial charge in [0.05, 0.1) is 0 Å². The van der Waals surface area contributed by atoms with E-state index in [2.05, 4.69) is 39.6 Å². The molecule has 0 amide bonds. The fourth-order valence-corrected chi connectivity index (χ4v) is 1.00. The Morgan fingerprint density at radius 3 is 2.36 bits per heavy atom. The summed E-state index contributed by atoms with van der Waals surface area (Å²) in [4.78, 5) is 0. The van der Waals surface area contributed by atoms with Crippen LogP contribution in [0.4, 0.5) is 0 Å². The second-order valence-electron chi connectivity index (χ2n) is 3.66. The van der Waals surface area contributed by atoms with Gasteiger partial charge in [-0.25, -0.2) is 0 Å². The van der Waals surface area contributed by atoms with Crippen molar-refractivity contribution < 1.29 is 1.43 Å².